The van der Waals surface area contributed by atoms with Crippen LogP contribution in [0, 0.1) is 0 Å². The van der Waals surface area contributed by atoms with Gasteiger partial charge in [0.05, 0.1) is 6.20 Å². The van der Waals surface area contributed by atoms with Crippen LogP contribution in [0.4, 0.5) is 0 Å². The number of ketones is 1. The average Bonchev–Trinajstić information content (AvgIpc) is 2.71. The molecule has 0 radical (unpaired) electrons. The molecule has 4 nitrogen and oxygen atoms in total. The third-order valence-electron chi connectivity index (χ3n) is 3.05. The smallest absolute Gasteiger partial charge is 0.133 e. The third kappa shape index (κ3) is 2.65. The summed E-state index contributed by atoms with van der Waals surface area (Å²) >= 11 is 0. The fraction of sp³-hybridized carbons (Fsp3) is 0.636. The van der Waals surface area contributed by atoms with Gasteiger partial charge in [-0.15, -0.1) is 0 Å². The number of carbonyl (C=O) groups is 1. The number of hydrogen-bond acceptors (Lipinski definition) is 4. The van der Waals surface area contributed by atoms with E-state index in [4.69, 9.17) is 4.52 Å². The minimum absolute atomic E-state index is 0.407. The van der Waals surface area contributed by atoms with Crippen molar-refractivity contribution in [2.24, 2.45) is 0 Å². The van der Waals surface area contributed by atoms with Crippen LogP contribution < -0.4 is 0 Å². The number of nitrogens with zero attached hydrogens (tertiary/aromatic N) is 2. The van der Waals surface area contributed by atoms with Crippen LogP contribution in [-0.2, 0) is 11.3 Å². The van der Waals surface area contributed by atoms with Gasteiger partial charge < -0.3 is 4.52 Å². The van der Waals surface area contributed by atoms with Crippen LogP contribution in [0.15, 0.2) is 17.0 Å². The summed E-state index contributed by atoms with van der Waals surface area (Å²) in [4.78, 5) is 13.4. The molecule has 0 aromatic carbocycles. The van der Waals surface area contributed by atoms with Gasteiger partial charge in [0.1, 0.15) is 12.0 Å². The molecule has 1 aromatic heterocycles. The molecule has 0 bridgehead atoms. The standard InChI is InChI=1S/C11H16N2O2/c1-13(7-9-6-12-15-8-9)10-2-4-11(14)5-3-10/h6,8,10H,2-5,7H2,1H3. The molecule has 1 aromatic rings. The molecule has 0 atom stereocenters. The SMILES string of the molecule is CN(Cc1cnoc1)C1CCC(=O)CC1. The highest BCUT2D eigenvalue weighted by Crippen LogP contribution is 2.20. The Hall–Kier alpha value is -1.16. The van der Waals surface area contributed by atoms with Crippen LogP contribution >= 0.6 is 0 Å². The lowest BCUT2D eigenvalue weighted by Gasteiger charge is -2.30. The van der Waals surface area contributed by atoms with Crippen LogP contribution in [0.3, 0.4) is 0 Å². The summed E-state index contributed by atoms with van der Waals surface area (Å²) in [6.07, 6.45) is 6.85. The van der Waals surface area contributed by atoms with E-state index in [1.54, 1.807) is 12.5 Å². The van der Waals surface area contributed by atoms with Crippen molar-refractivity contribution in [2.75, 3.05) is 7.05 Å². The number of Topliss-reactive ketones (excluding diaryl/α,β-unsaturated/α-hetero) is 1. The summed E-state index contributed by atoms with van der Waals surface area (Å²) in [5, 5.41) is 3.68. The van der Waals surface area contributed by atoms with Crippen molar-refractivity contribution in [1.29, 1.82) is 0 Å². The van der Waals surface area contributed by atoms with Gasteiger partial charge in [0.2, 0.25) is 0 Å². The maximum Gasteiger partial charge on any atom is 0.133 e. The van der Waals surface area contributed by atoms with E-state index >= 15 is 0 Å². The molecule has 1 aliphatic rings. The Labute approximate surface area is 89.2 Å². The summed E-state index contributed by atoms with van der Waals surface area (Å²) in [6.45, 7) is 0.850. The molecular weight excluding hydrogens is 192 g/mol. The number of carbonyl (C=O) groups excluding carboxylic acids is 1. The monoisotopic (exact) mass is 208 g/mol. The Bertz CT molecular complexity index is 311. The Morgan fingerprint density at radius 2 is 2.27 bits per heavy atom. The minimum Gasteiger partial charge on any atom is -0.364 e. The maximum absolute atomic E-state index is 11.1. The minimum atomic E-state index is 0.407. The first kappa shape index (κ1) is 10.4. The fourth-order valence-electron chi connectivity index (χ4n) is 2.09. The van der Waals surface area contributed by atoms with E-state index in [2.05, 4.69) is 17.1 Å². The molecule has 82 valence electrons. The molecule has 0 amide bonds. The van der Waals surface area contributed by atoms with Gasteiger partial charge in [0, 0.05) is 31.0 Å². The van der Waals surface area contributed by atoms with Gasteiger partial charge in [-0.2, -0.15) is 0 Å². The Kier molecular flexibility index (Phi) is 3.16. The summed E-state index contributed by atoms with van der Waals surface area (Å²) in [5.74, 6) is 0.407. The molecule has 0 unspecified atom stereocenters. The highest BCUT2D eigenvalue weighted by Gasteiger charge is 2.22. The zero-order valence-electron chi connectivity index (χ0n) is 8.98. The molecule has 0 spiro atoms. The van der Waals surface area contributed by atoms with Gasteiger partial charge in [-0.25, -0.2) is 0 Å². The third-order valence-corrected chi connectivity index (χ3v) is 3.05. The van der Waals surface area contributed by atoms with Crippen molar-refractivity contribution in [2.45, 2.75) is 38.3 Å². The first-order valence-electron chi connectivity index (χ1n) is 5.36. The second kappa shape index (κ2) is 4.57. The van der Waals surface area contributed by atoms with Gasteiger partial charge in [0.15, 0.2) is 0 Å². The van der Waals surface area contributed by atoms with Crippen LogP contribution in [-0.4, -0.2) is 28.9 Å². The fourth-order valence-corrected chi connectivity index (χ4v) is 2.09. The van der Waals surface area contributed by atoms with Gasteiger partial charge in [-0.05, 0) is 19.9 Å². The molecule has 1 saturated carbocycles. The highest BCUT2D eigenvalue weighted by atomic mass is 16.5. The van der Waals surface area contributed by atoms with Crippen LogP contribution in [0.1, 0.15) is 31.2 Å². The van der Waals surface area contributed by atoms with E-state index in [1.165, 1.54) is 0 Å². The van der Waals surface area contributed by atoms with E-state index in [1.807, 2.05) is 0 Å². The van der Waals surface area contributed by atoms with Crippen molar-refractivity contribution >= 4 is 5.78 Å². The molecule has 0 saturated heterocycles. The molecular formula is C11H16N2O2. The number of aromatic nitrogens is 1. The van der Waals surface area contributed by atoms with Crippen LogP contribution in [0.2, 0.25) is 0 Å². The van der Waals surface area contributed by atoms with E-state index < -0.39 is 0 Å². The number of hydrogen-bond donors (Lipinski definition) is 0. The van der Waals surface area contributed by atoms with E-state index in [-0.39, 0.29) is 0 Å². The quantitative estimate of drug-likeness (QED) is 0.757. The Morgan fingerprint density at radius 3 is 2.87 bits per heavy atom. The molecule has 4 heteroatoms. The lowest BCUT2D eigenvalue weighted by atomic mass is 9.93. The predicted molar refractivity (Wildman–Crippen MR) is 55.2 cm³/mol. The molecule has 15 heavy (non-hydrogen) atoms. The molecule has 1 aliphatic carbocycles. The predicted octanol–water partition coefficient (Wildman–Crippen LogP) is 1.62. The van der Waals surface area contributed by atoms with E-state index in [0.29, 0.717) is 11.8 Å². The van der Waals surface area contributed by atoms with E-state index in [0.717, 1.165) is 37.8 Å². The second-order valence-corrected chi connectivity index (χ2v) is 4.22. The first-order chi connectivity index (χ1) is 7.25. The van der Waals surface area contributed by atoms with Crippen molar-refractivity contribution < 1.29 is 9.32 Å². The highest BCUT2D eigenvalue weighted by molar-refractivity contribution is 5.79. The molecule has 0 N–H and O–H groups in total. The molecule has 0 aliphatic heterocycles. The van der Waals surface area contributed by atoms with Crippen LogP contribution in [0.5, 0.6) is 0 Å². The van der Waals surface area contributed by atoms with Gasteiger partial charge in [-0.3, -0.25) is 9.69 Å². The Morgan fingerprint density at radius 1 is 1.53 bits per heavy atom. The van der Waals surface area contributed by atoms with Crippen molar-refractivity contribution in [1.82, 2.24) is 10.1 Å². The lowest BCUT2D eigenvalue weighted by Crippen LogP contribution is -2.34. The number of rotatable bonds is 3. The van der Waals surface area contributed by atoms with Gasteiger partial charge in [-0.1, -0.05) is 5.16 Å². The largest absolute Gasteiger partial charge is 0.364 e. The summed E-state index contributed by atoms with van der Waals surface area (Å²) < 4.78 is 4.79. The molecule has 1 fully saturated rings. The van der Waals surface area contributed by atoms with E-state index in [9.17, 15) is 4.79 Å². The van der Waals surface area contributed by atoms with Crippen molar-refractivity contribution in [3.05, 3.63) is 18.0 Å². The van der Waals surface area contributed by atoms with Crippen molar-refractivity contribution in [3.8, 4) is 0 Å². The van der Waals surface area contributed by atoms with Crippen LogP contribution in [0.25, 0.3) is 0 Å². The van der Waals surface area contributed by atoms with Gasteiger partial charge in [0.25, 0.3) is 0 Å². The lowest BCUT2D eigenvalue weighted by molar-refractivity contribution is -0.121. The summed E-state index contributed by atoms with van der Waals surface area (Å²) in [6, 6.07) is 0.526. The average molecular weight is 208 g/mol. The molecule has 1 heterocycles. The zero-order valence-corrected chi connectivity index (χ0v) is 8.98. The van der Waals surface area contributed by atoms with Crippen molar-refractivity contribution in [3.63, 3.8) is 0 Å². The molecule has 2 rings (SSSR count). The summed E-state index contributed by atoms with van der Waals surface area (Å²) in [7, 11) is 2.09. The topological polar surface area (TPSA) is 46.3 Å². The zero-order chi connectivity index (χ0) is 10.7. The summed E-state index contributed by atoms with van der Waals surface area (Å²) in [5.41, 5.74) is 1.09. The first-order valence-corrected chi connectivity index (χ1v) is 5.36. The maximum atomic E-state index is 11.1. The normalized spacial score (nSPS) is 18.7. The Balaban J connectivity index is 1.85. The second-order valence-electron chi connectivity index (χ2n) is 4.22. The van der Waals surface area contributed by atoms with Gasteiger partial charge >= 0.3 is 0 Å².